The summed E-state index contributed by atoms with van der Waals surface area (Å²) in [7, 11) is -3.72. The van der Waals surface area contributed by atoms with Crippen LogP contribution in [0.1, 0.15) is 5.56 Å². The van der Waals surface area contributed by atoms with Gasteiger partial charge in [0, 0.05) is 0 Å². The van der Waals surface area contributed by atoms with Crippen LogP contribution >= 0.6 is 0 Å². The Labute approximate surface area is 103 Å². The number of nitro groups is 1. The lowest BCUT2D eigenvalue weighted by molar-refractivity contribution is -0.384. The maximum absolute atomic E-state index is 11.9. The third-order valence-corrected chi connectivity index (χ3v) is 3.70. The molecule has 0 saturated carbocycles. The summed E-state index contributed by atoms with van der Waals surface area (Å²) in [6.07, 6.45) is 1.79. The highest BCUT2D eigenvalue weighted by Gasteiger charge is 2.19. The Morgan fingerprint density at radius 1 is 1.28 bits per heavy atom. The van der Waals surface area contributed by atoms with Crippen molar-refractivity contribution >= 4 is 15.7 Å². The summed E-state index contributed by atoms with van der Waals surface area (Å²) < 4.78 is 24.5. The van der Waals surface area contributed by atoms with E-state index in [0.29, 0.717) is 9.65 Å². The number of aromatic nitrogens is 2. The molecule has 1 aromatic carbocycles. The maximum Gasteiger partial charge on any atom is 0.308 e. The summed E-state index contributed by atoms with van der Waals surface area (Å²) in [5, 5.41) is 13.9. The zero-order valence-electron chi connectivity index (χ0n) is 9.13. The van der Waals surface area contributed by atoms with Crippen LogP contribution in [-0.4, -0.2) is 22.5 Å². The molecule has 2 aromatic rings. The second-order valence-corrected chi connectivity index (χ2v) is 5.40. The Kier molecular flexibility index (Phi) is 3.11. The lowest BCUT2D eigenvalue weighted by Gasteiger charge is -2.03. The Balaban J connectivity index is 2.28. The van der Waals surface area contributed by atoms with Crippen molar-refractivity contribution in [2.75, 3.05) is 0 Å². The van der Waals surface area contributed by atoms with Gasteiger partial charge in [-0.3, -0.25) is 10.1 Å². The summed E-state index contributed by atoms with van der Waals surface area (Å²) in [4.78, 5) is 9.76. The first-order chi connectivity index (χ1) is 8.49. The predicted octanol–water partition coefficient (Wildman–Crippen LogP) is 1.17. The average molecular weight is 267 g/mol. The summed E-state index contributed by atoms with van der Waals surface area (Å²) in [6, 6.07) is 8.53. The zero-order chi connectivity index (χ0) is 13.2. The first-order valence-corrected chi connectivity index (χ1v) is 6.56. The maximum atomic E-state index is 11.9. The molecule has 1 aromatic heterocycles. The van der Waals surface area contributed by atoms with Gasteiger partial charge < -0.3 is 0 Å². The molecule has 0 aliphatic rings. The predicted molar refractivity (Wildman–Crippen MR) is 63.3 cm³/mol. The van der Waals surface area contributed by atoms with E-state index in [1.54, 1.807) is 30.3 Å². The molecule has 0 spiro atoms. The van der Waals surface area contributed by atoms with Gasteiger partial charge in [0.05, 0.1) is 10.7 Å². The lowest BCUT2D eigenvalue weighted by atomic mass is 10.2. The first kappa shape index (κ1) is 12.2. The fourth-order valence-electron chi connectivity index (χ4n) is 1.39. The summed E-state index contributed by atoms with van der Waals surface area (Å²) in [5.74, 6) is -0.257. The highest BCUT2D eigenvalue weighted by atomic mass is 32.2. The zero-order valence-corrected chi connectivity index (χ0v) is 9.95. The van der Waals surface area contributed by atoms with Crippen LogP contribution in [0.3, 0.4) is 0 Å². The van der Waals surface area contributed by atoms with Crippen molar-refractivity contribution in [3.63, 3.8) is 0 Å². The van der Waals surface area contributed by atoms with Crippen LogP contribution < -0.4 is 0 Å². The Morgan fingerprint density at radius 3 is 2.50 bits per heavy atom. The molecule has 18 heavy (non-hydrogen) atoms. The van der Waals surface area contributed by atoms with Crippen LogP contribution in [0.15, 0.2) is 42.7 Å². The van der Waals surface area contributed by atoms with Gasteiger partial charge in [0.25, 0.3) is 10.0 Å². The van der Waals surface area contributed by atoms with E-state index in [1.807, 2.05) is 0 Å². The molecule has 0 atom stereocenters. The molecule has 94 valence electrons. The van der Waals surface area contributed by atoms with Gasteiger partial charge in [-0.25, -0.2) is 8.42 Å². The van der Waals surface area contributed by atoms with Gasteiger partial charge >= 0.3 is 5.69 Å². The van der Waals surface area contributed by atoms with E-state index in [4.69, 9.17) is 0 Å². The molecule has 7 nitrogen and oxygen atoms in total. The molecule has 0 aliphatic carbocycles. The van der Waals surface area contributed by atoms with Gasteiger partial charge in [0.2, 0.25) is 0 Å². The average Bonchev–Trinajstić information content (AvgIpc) is 2.79. The minimum absolute atomic E-state index is 0.257. The number of rotatable bonds is 4. The molecule has 0 fully saturated rings. The Hall–Kier alpha value is -2.22. The van der Waals surface area contributed by atoms with Crippen molar-refractivity contribution in [3.8, 4) is 0 Å². The molecule has 0 saturated heterocycles. The second-order valence-electron chi connectivity index (χ2n) is 3.57. The quantitative estimate of drug-likeness (QED) is 0.612. The molecule has 8 heteroatoms. The Bertz CT molecular complexity index is 663. The molecule has 0 unspecified atom stereocenters. The highest BCUT2D eigenvalue weighted by molar-refractivity contribution is 7.89. The standard InChI is InChI=1S/C10H9N3O4S/c14-13(15)10-6-11-12(7-10)18(16,17)8-9-4-2-1-3-5-9/h1-7H,8H2. The van der Waals surface area contributed by atoms with Crippen molar-refractivity contribution in [1.29, 1.82) is 0 Å². The van der Waals surface area contributed by atoms with E-state index in [2.05, 4.69) is 5.10 Å². The molecule has 1 heterocycles. The SMILES string of the molecule is O=[N+]([O-])c1cnn(S(=O)(=O)Cc2ccccc2)c1. The van der Waals surface area contributed by atoms with Crippen molar-refractivity contribution in [3.05, 3.63) is 58.4 Å². The van der Waals surface area contributed by atoms with Crippen LogP contribution in [0.25, 0.3) is 0 Å². The van der Waals surface area contributed by atoms with Gasteiger partial charge in [-0.2, -0.15) is 9.19 Å². The van der Waals surface area contributed by atoms with Crippen LogP contribution in [0.5, 0.6) is 0 Å². The number of benzene rings is 1. The molecule has 0 N–H and O–H groups in total. The Morgan fingerprint density at radius 2 is 1.94 bits per heavy atom. The fraction of sp³-hybridized carbons (Fsp3) is 0.100. The van der Waals surface area contributed by atoms with E-state index < -0.39 is 14.9 Å². The van der Waals surface area contributed by atoms with E-state index in [0.717, 1.165) is 12.4 Å². The van der Waals surface area contributed by atoms with Crippen LogP contribution in [-0.2, 0) is 15.8 Å². The third-order valence-electron chi connectivity index (χ3n) is 2.23. The topological polar surface area (TPSA) is 95.1 Å². The summed E-state index contributed by atoms with van der Waals surface area (Å²) >= 11 is 0. The monoisotopic (exact) mass is 267 g/mol. The largest absolute Gasteiger partial charge is 0.308 e. The molecular weight excluding hydrogens is 258 g/mol. The normalized spacial score (nSPS) is 11.3. The van der Waals surface area contributed by atoms with Crippen LogP contribution in [0.4, 0.5) is 5.69 Å². The number of nitrogens with zero attached hydrogens (tertiary/aromatic N) is 3. The second kappa shape index (κ2) is 4.57. The van der Waals surface area contributed by atoms with Gasteiger partial charge in [-0.05, 0) is 5.56 Å². The van der Waals surface area contributed by atoms with Crippen molar-refractivity contribution in [1.82, 2.24) is 9.19 Å². The van der Waals surface area contributed by atoms with Gasteiger partial charge in [0.15, 0.2) is 0 Å². The summed E-state index contributed by atoms with van der Waals surface area (Å²) in [6.45, 7) is 0. The lowest BCUT2D eigenvalue weighted by Crippen LogP contribution is -2.15. The third kappa shape index (κ3) is 2.54. The van der Waals surface area contributed by atoms with E-state index >= 15 is 0 Å². The van der Waals surface area contributed by atoms with Crippen LogP contribution in [0.2, 0.25) is 0 Å². The van der Waals surface area contributed by atoms with Crippen molar-refractivity contribution < 1.29 is 13.3 Å². The van der Waals surface area contributed by atoms with Crippen molar-refractivity contribution in [2.24, 2.45) is 0 Å². The molecule has 0 aliphatic heterocycles. The smallest absolute Gasteiger partial charge is 0.258 e. The van der Waals surface area contributed by atoms with Crippen molar-refractivity contribution in [2.45, 2.75) is 5.75 Å². The fourth-order valence-corrected chi connectivity index (χ4v) is 2.60. The van der Waals surface area contributed by atoms with Crippen LogP contribution in [0, 0.1) is 10.1 Å². The van der Waals surface area contributed by atoms with E-state index in [-0.39, 0.29) is 11.4 Å². The van der Waals surface area contributed by atoms with Gasteiger partial charge in [-0.1, -0.05) is 30.3 Å². The first-order valence-electron chi connectivity index (χ1n) is 4.95. The molecule has 0 amide bonds. The minimum atomic E-state index is -3.72. The molecule has 0 bridgehead atoms. The number of hydrogen-bond acceptors (Lipinski definition) is 5. The molecular formula is C10H9N3O4S. The molecule has 0 radical (unpaired) electrons. The van der Waals surface area contributed by atoms with E-state index in [1.165, 1.54) is 0 Å². The number of hydrogen-bond donors (Lipinski definition) is 0. The van der Waals surface area contributed by atoms with E-state index in [9.17, 15) is 18.5 Å². The van der Waals surface area contributed by atoms with Gasteiger partial charge in [0.1, 0.15) is 12.4 Å². The highest BCUT2D eigenvalue weighted by Crippen LogP contribution is 2.13. The summed E-state index contributed by atoms with van der Waals surface area (Å²) in [5.41, 5.74) is 0.238. The van der Waals surface area contributed by atoms with Gasteiger partial charge in [-0.15, -0.1) is 0 Å². The minimum Gasteiger partial charge on any atom is -0.258 e. The molecule has 2 rings (SSSR count).